The molecule has 1 aliphatic rings. The zero-order valence-electron chi connectivity index (χ0n) is 13.5. The Morgan fingerprint density at radius 3 is 2.38 bits per heavy atom. The minimum Gasteiger partial charge on any atom is -0.302 e. The van der Waals surface area contributed by atoms with E-state index in [2.05, 4.69) is 28.6 Å². The zero-order chi connectivity index (χ0) is 15.8. The fraction of sp³-hybridized carbons (Fsp3) is 0.786. The second-order valence-corrected chi connectivity index (χ2v) is 7.52. The number of rotatable bonds is 5. The van der Waals surface area contributed by atoms with Crippen molar-refractivity contribution in [3.8, 4) is 0 Å². The van der Waals surface area contributed by atoms with E-state index in [1.807, 2.05) is 13.8 Å². The summed E-state index contributed by atoms with van der Waals surface area (Å²) < 4.78 is 30.1. The average Bonchev–Trinajstić information content (AvgIpc) is 2.89. The highest BCUT2D eigenvalue weighted by molar-refractivity contribution is 7.89. The Kier molecular flexibility index (Phi) is 4.75. The molecule has 21 heavy (non-hydrogen) atoms. The Morgan fingerprint density at radius 2 is 1.90 bits per heavy atom. The molecule has 0 radical (unpaired) electrons. The van der Waals surface area contributed by atoms with E-state index in [0.29, 0.717) is 28.7 Å². The number of sulfonamides is 1. The number of likely N-dealkylation sites (tertiary alicyclic amines) is 1. The van der Waals surface area contributed by atoms with Crippen LogP contribution >= 0.6 is 0 Å². The number of aryl methyl sites for hydroxylation is 2. The van der Waals surface area contributed by atoms with Gasteiger partial charge in [-0.2, -0.15) is 5.10 Å². The summed E-state index contributed by atoms with van der Waals surface area (Å²) in [5.74, 6) is 0.321. The summed E-state index contributed by atoms with van der Waals surface area (Å²) in [7, 11) is -3.52. The first kappa shape index (κ1) is 16.5. The fourth-order valence-corrected chi connectivity index (χ4v) is 4.86. The number of hydrogen-bond donors (Lipinski definition) is 1. The van der Waals surface area contributed by atoms with E-state index in [1.165, 1.54) is 0 Å². The summed E-state index contributed by atoms with van der Waals surface area (Å²) in [5.41, 5.74) is 1.28. The standard InChI is InChI=1S/C14H26N4O2S/c1-6-17-8-10(3)13(9-17)16-21(19,20)14-11(4)15-18(7-2)12(14)5/h10,13,16H,6-9H2,1-5H3/t10-,13-/m0/s1. The van der Waals surface area contributed by atoms with Gasteiger partial charge < -0.3 is 4.90 Å². The van der Waals surface area contributed by atoms with Crippen molar-refractivity contribution < 1.29 is 8.42 Å². The Morgan fingerprint density at radius 1 is 1.24 bits per heavy atom. The first-order valence-electron chi connectivity index (χ1n) is 7.58. The topological polar surface area (TPSA) is 67.2 Å². The molecule has 1 aliphatic heterocycles. The molecule has 120 valence electrons. The Labute approximate surface area is 127 Å². The lowest BCUT2D eigenvalue weighted by Crippen LogP contribution is -2.40. The molecule has 0 saturated carbocycles. The van der Waals surface area contributed by atoms with E-state index in [1.54, 1.807) is 11.6 Å². The van der Waals surface area contributed by atoms with Gasteiger partial charge in [-0.05, 0) is 33.2 Å². The molecule has 0 amide bonds. The van der Waals surface area contributed by atoms with Crippen LogP contribution in [-0.2, 0) is 16.6 Å². The molecule has 1 saturated heterocycles. The van der Waals surface area contributed by atoms with Gasteiger partial charge in [0.1, 0.15) is 4.90 Å². The molecule has 6 nitrogen and oxygen atoms in total. The third-order valence-corrected chi connectivity index (χ3v) is 6.07. The summed E-state index contributed by atoms with van der Waals surface area (Å²) in [6, 6.07) is -0.0290. The van der Waals surface area contributed by atoms with Crippen molar-refractivity contribution in [3.63, 3.8) is 0 Å². The van der Waals surface area contributed by atoms with Gasteiger partial charge in [0, 0.05) is 25.7 Å². The number of likely N-dealkylation sites (N-methyl/N-ethyl adjacent to an activating group) is 1. The van der Waals surface area contributed by atoms with Crippen molar-refractivity contribution in [2.45, 2.75) is 52.1 Å². The van der Waals surface area contributed by atoms with E-state index in [-0.39, 0.29) is 6.04 Å². The summed E-state index contributed by atoms with van der Waals surface area (Å²) in [6.45, 7) is 13.1. The van der Waals surface area contributed by atoms with Gasteiger partial charge in [-0.1, -0.05) is 13.8 Å². The molecule has 0 unspecified atom stereocenters. The monoisotopic (exact) mass is 314 g/mol. The van der Waals surface area contributed by atoms with Crippen LogP contribution in [0.1, 0.15) is 32.2 Å². The molecule has 2 rings (SSSR count). The Hall–Kier alpha value is -0.920. The first-order valence-corrected chi connectivity index (χ1v) is 9.07. The molecule has 1 aromatic rings. The van der Waals surface area contributed by atoms with Gasteiger partial charge in [0.25, 0.3) is 0 Å². The van der Waals surface area contributed by atoms with Crippen LogP contribution in [0.25, 0.3) is 0 Å². The van der Waals surface area contributed by atoms with E-state index in [9.17, 15) is 8.42 Å². The van der Waals surface area contributed by atoms with Crippen LogP contribution in [0, 0.1) is 19.8 Å². The minimum atomic E-state index is -3.52. The van der Waals surface area contributed by atoms with Crippen molar-refractivity contribution in [3.05, 3.63) is 11.4 Å². The third-order valence-electron chi connectivity index (χ3n) is 4.33. The Bertz CT molecular complexity index is 609. The zero-order valence-corrected chi connectivity index (χ0v) is 14.4. The first-order chi connectivity index (χ1) is 9.80. The number of nitrogens with zero attached hydrogens (tertiary/aromatic N) is 3. The van der Waals surface area contributed by atoms with Gasteiger partial charge in [-0.25, -0.2) is 13.1 Å². The molecule has 0 spiro atoms. The quantitative estimate of drug-likeness (QED) is 0.885. The van der Waals surface area contributed by atoms with Gasteiger partial charge in [0.2, 0.25) is 10.0 Å². The van der Waals surface area contributed by atoms with E-state index >= 15 is 0 Å². The highest BCUT2D eigenvalue weighted by Gasteiger charge is 2.34. The number of hydrogen-bond acceptors (Lipinski definition) is 4. The molecule has 1 N–H and O–H groups in total. The fourth-order valence-electron chi connectivity index (χ4n) is 3.11. The summed E-state index contributed by atoms with van der Waals surface area (Å²) in [6.07, 6.45) is 0. The van der Waals surface area contributed by atoms with Gasteiger partial charge in [-0.15, -0.1) is 0 Å². The van der Waals surface area contributed by atoms with Crippen molar-refractivity contribution in [1.82, 2.24) is 19.4 Å². The largest absolute Gasteiger partial charge is 0.302 e. The van der Waals surface area contributed by atoms with E-state index < -0.39 is 10.0 Å². The molecular weight excluding hydrogens is 288 g/mol. The van der Waals surface area contributed by atoms with Crippen molar-refractivity contribution in [2.75, 3.05) is 19.6 Å². The highest BCUT2D eigenvalue weighted by atomic mass is 32.2. The summed E-state index contributed by atoms with van der Waals surface area (Å²) >= 11 is 0. The molecular formula is C14H26N4O2S. The molecule has 2 heterocycles. The molecule has 1 aromatic heterocycles. The van der Waals surface area contributed by atoms with Gasteiger partial charge in [0.15, 0.2) is 0 Å². The maximum absolute atomic E-state index is 12.7. The maximum Gasteiger partial charge on any atom is 0.244 e. The molecule has 0 aromatic carbocycles. The molecule has 7 heteroatoms. The SMILES string of the molecule is CCN1C[C@H](NS(=O)(=O)c2c(C)nn(CC)c2C)[C@@H](C)C1. The van der Waals surface area contributed by atoms with Crippen LogP contribution in [0.4, 0.5) is 0 Å². The van der Waals surface area contributed by atoms with Crippen LogP contribution in [0.3, 0.4) is 0 Å². The van der Waals surface area contributed by atoms with Crippen LogP contribution in [0.15, 0.2) is 4.90 Å². The second-order valence-electron chi connectivity index (χ2n) is 5.87. The lowest BCUT2D eigenvalue weighted by Gasteiger charge is -2.17. The smallest absolute Gasteiger partial charge is 0.244 e. The van der Waals surface area contributed by atoms with E-state index in [0.717, 1.165) is 19.6 Å². The molecule has 0 aliphatic carbocycles. The van der Waals surface area contributed by atoms with Crippen LogP contribution in [-0.4, -0.2) is 48.8 Å². The molecule has 2 atom stereocenters. The Balaban J connectivity index is 2.25. The third kappa shape index (κ3) is 3.14. The second kappa shape index (κ2) is 6.06. The van der Waals surface area contributed by atoms with Crippen LogP contribution in [0.2, 0.25) is 0 Å². The lowest BCUT2D eigenvalue weighted by molar-refractivity contribution is 0.344. The number of aromatic nitrogens is 2. The minimum absolute atomic E-state index is 0.0290. The lowest BCUT2D eigenvalue weighted by atomic mass is 10.1. The predicted molar refractivity (Wildman–Crippen MR) is 82.8 cm³/mol. The number of nitrogens with one attached hydrogen (secondary N) is 1. The summed E-state index contributed by atoms with van der Waals surface area (Å²) in [5, 5.41) is 4.31. The predicted octanol–water partition coefficient (Wildman–Crippen LogP) is 1.14. The maximum atomic E-state index is 12.7. The van der Waals surface area contributed by atoms with Crippen molar-refractivity contribution >= 4 is 10.0 Å². The van der Waals surface area contributed by atoms with Crippen molar-refractivity contribution in [2.24, 2.45) is 5.92 Å². The van der Waals surface area contributed by atoms with Gasteiger partial charge in [0.05, 0.1) is 11.4 Å². The van der Waals surface area contributed by atoms with Gasteiger partial charge >= 0.3 is 0 Å². The molecule has 0 bridgehead atoms. The van der Waals surface area contributed by atoms with Crippen LogP contribution in [0.5, 0.6) is 0 Å². The average molecular weight is 314 g/mol. The van der Waals surface area contributed by atoms with Crippen LogP contribution < -0.4 is 4.72 Å². The normalized spacial score (nSPS) is 23.9. The summed E-state index contributed by atoms with van der Waals surface area (Å²) in [4.78, 5) is 2.61. The molecule has 1 fully saturated rings. The highest BCUT2D eigenvalue weighted by Crippen LogP contribution is 2.23. The van der Waals surface area contributed by atoms with Gasteiger partial charge in [-0.3, -0.25) is 4.68 Å². The van der Waals surface area contributed by atoms with Crippen molar-refractivity contribution in [1.29, 1.82) is 0 Å². The van der Waals surface area contributed by atoms with E-state index in [4.69, 9.17) is 0 Å².